The first-order chi connectivity index (χ1) is 10.7. The standard InChI is InChI=1S/C17H19N5/c1-12-8-13(2)10-15(9-12)19-17-20-16(21-22-17)18-11-14-6-4-3-5-7-14/h3-10H,11H2,1-2H3,(H3,18,19,20,21,22). The van der Waals surface area contributed by atoms with Crippen LogP contribution >= 0.6 is 0 Å². The Hall–Kier alpha value is -2.82. The summed E-state index contributed by atoms with van der Waals surface area (Å²) in [7, 11) is 0. The zero-order valence-electron chi connectivity index (χ0n) is 12.7. The summed E-state index contributed by atoms with van der Waals surface area (Å²) in [4.78, 5) is 4.39. The summed E-state index contributed by atoms with van der Waals surface area (Å²) in [5.74, 6) is 1.20. The molecule has 3 aromatic rings. The normalized spacial score (nSPS) is 10.5. The van der Waals surface area contributed by atoms with Crippen LogP contribution in [0, 0.1) is 13.8 Å². The number of nitrogens with one attached hydrogen (secondary N) is 3. The lowest BCUT2D eigenvalue weighted by Crippen LogP contribution is -2.00. The Labute approximate surface area is 129 Å². The molecule has 0 aliphatic carbocycles. The van der Waals surface area contributed by atoms with Crippen molar-refractivity contribution in [2.24, 2.45) is 0 Å². The van der Waals surface area contributed by atoms with E-state index in [2.05, 4.69) is 70.0 Å². The zero-order chi connectivity index (χ0) is 15.4. The van der Waals surface area contributed by atoms with Gasteiger partial charge in [0.2, 0.25) is 11.9 Å². The summed E-state index contributed by atoms with van der Waals surface area (Å²) < 4.78 is 0. The highest BCUT2D eigenvalue weighted by atomic mass is 15.3. The maximum absolute atomic E-state index is 4.39. The Balaban J connectivity index is 1.63. The van der Waals surface area contributed by atoms with Crippen molar-refractivity contribution in [2.45, 2.75) is 20.4 Å². The van der Waals surface area contributed by atoms with Gasteiger partial charge in [-0.3, -0.25) is 0 Å². The van der Waals surface area contributed by atoms with Crippen molar-refractivity contribution in [3.05, 3.63) is 65.2 Å². The van der Waals surface area contributed by atoms with Gasteiger partial charge in [-0.2, -0.15) is 4.98 Å². The maximum atomic E-state index is 4.39. The largest absolute Gasteiger partial charge is 0.350 e. The van der Waals surface area contributed by atoms with Crippen molar-refractivity contribution in [3.8, 4) is 0 Å². The van der Waals surface area contributed by atoms with Gasteiger partial charge >= 0.3 is 0 Å². The van der Waals surface area contributed by atoms with E-state index >= 15 is 0 Å². The average Bonchev–Trinajstić information content (AvgIpc) is 2.93. The third-order valence-corrected chi connectivity index (χ3v) is 3.27. The number of H-pyrrole nitrogens is 1. The van der Waals surface area contributed by atoms with Gasteiger partial charge in [-0.05, 0) is 42.7 Å². The summed E-state index contributed by atoms with van der Waals surface area (Å²) >= 11 is 0. The summed E-state index contributed by atoms with van der Waals surface area (Å²) in [5.41, 5.74) is 4.61. The van der Waals surface area contributed by atoms with E-state index < -0.39 is 0 Å². The van der Waals surface area contributed by atoms with Crippen LogP contribution in [-0.4, -0.2) is 15.2 Å². The number of aromatic amines is 1. The molecule has 1 heterocycles. The Morgan fingerprint density at radius 3 is 2.45 bits per heavy atom. The SMILES string of the molecule is Cc1cc(C)cc(Nc2n[nH]c(NCc3ccccc3)n2)c1. The molecule has 0 radical (unpaired) electrons. The van der Waals surface area contributed by atoms with Gasteiger partial charge in [0, 0.05) is 12.2 Å². The van der Waals surface area contributed by atoms with Crippen molar-refractivity contribution >= 4 is 17.6 Å². The van der Waals surface area contributed by atoms with E-state index in [9.17, 15) is 0 Å². The second kappa shape index (κ2) is 6.30. The van der Waals surface area contributed by atoms with E-state index in [1.165, 1.54) is 16.7 Å². The lowest BCUT2D eigenvalue weighted by Gasteiger charge is -2.04. The average molecular weight is 293 g/mol. The van der Waals surface area contributed by atoms with Crippen LogP contribution in [0.25, 0.3) is 0 Å². The topological polar surface area (TPSA) is 65.6 Å². The first-order valence-corrected chi connectivity index (χ1v) is 7.24. The molecule has 0 amide bonds. The van der Waals surface area contributed by atoms with Crippen LogP contribution in [0.3, 0.4) is 0 Å². The predicted molar refractivity (Wildman–Crippen MR) is 89.4 cm³/mol. The van der Waals surface area contributed by atoms with Crippen LogP contribution in [0.2, 0.25) is 0 Å². The number of hydrogen-bond donors (Lipinski definition) is 3. The van der Waals surface area contributed by atoms with Gasteiger partial charge in [0.25, 0.3) is 0 Å². The fraction of sp³-hybridized carbons (Fsp3) is 0.176. The van der Waals surface area contributed by atoms with E-state index in [4.69, 9.17) is 0 Å². The van der Waals surface area contributed by atoms with E-state index in [1.54, 1.807) is 0 Å². The Morgan fingerprint density at radius 1 is 1.00 bits per heavy atom. The highest BCUT2D eigenvalue weighted by Crippen LogP contribution is 2.17. The number of benzene rings is 2. The van der Waals surface area contributed by atoms with Crippen LogP contribution < -0.4 is 10.6 Å². The fourth-order valence-electron chi connectivity index (χ4n) is 2.35. The molecule has 0 fully saturated rings. The van der Waals surface area contributed by atoms with Gasteiger partial charge in [-0.25, -0.2) is 5.10 Å². The molecular weight excluding hydrogens is 274 g/mol. The first kappa shape index (κ1) is 14.1. The number of anilines is 3. The highest BCUT2D eigenvalue weighted by Gasteiger charge is 2.04. The lowest BCUT2D eigenvalue weighted by molar-refractivity contribution is 1.04. The van der Waals surface area contributed by atoms with Gasteiger partial charge in [0.15, 0.2) is 0 Å². The molecule has 0 unspecified atom stereocenters. The molecule has 112 valence electrons. The molecule has 0 saturated carbocycles. The fourth-order valence-corrected chi connectivity index (χ4v) is 2.35. The maximum Gasteiger partial charge on any atom is 0.248 e. The lowest BCUT2D eigenvalue weighted by atomic mass is 10.1. The molecule has 0 aliphatic rings. The van der Waals surface area contributed by atoms with Crippen LogP contribution in [-0.2, 0) is 6.54 Å². The van der Waals surface area contributed by atoms with Gasteiger partial charge in [0.05, 0.1) is 0 Å². The number of rotatable bonds is 5. The third kappa shape index (κ3) is 3.63. The summed E-state index contributed by atoms with van der Waals surface area (Å²) in [6, 6.07) is 16.5. The number of hydrogen-bond acceptors (Lipinski definition) is 4. The van der Waals surface area contributed by atoms with Crippen molar-refractivity contribution in [3.63, 3.8) is 0 Å². The summed E-state index contributed by atoms with van der Waals surface area (Å²) in [5, 5.41) is 13.5. The van der Waals surface area contributed by atoms with E-state index in [-0.39, 0.29) is 0 Å². The second-order valence-corrected chi connectivity index (χ2v) is 5.35. The molecule has 22 heavy (non-hydrogen) atoms. The summed E-state index contributed by atoms with van der Waals surface area (Å²) in [6.07, 6.45) is 0. The van der Waals surface area contributed by atoms with Gasteiger partial charge < -0.3 is 10.6 Å². The first-order valence-electron chi connectivity index (χ1n) is 7.24. The molecular formula is C17H19N5. The molecule has 0 saturated heterocycles. The monoisotopic (exact) mass is 293 g/mol. The molecule has 0 atom stereocenters. The Kier molecular flexibility index (Phi) is 4.05. The highest BCUT2D eigenvalue weighted by molar-refractivity contribution is 5.56. The van der Waals surface area contributed by atoms with E-state index in [0.29, 0.717) is 18.4 Å². The zero-order valence-corrected chi connectivity index (χ0v) is 12.7. The van der Waals surface area contributed by atoms with Crippen LogP contribution in [0.5, 0.6) is 0 Å². The van der Waals surface area contributed by atoms with Gasteiger partial charge in [0.1, 0.15) is 0 Å². The smallest absolute Gasteiger partial charge is 0.248 e. The van der Waals surface area contributed by atoms with Crippen LogP contribution in [0.4, 0.5) is 17.6 Å². The van der Waals surface area contributed by atoms with Crippen molar-refractivity contribution < 1.29 is 0 Å². The number of nitrogens with zero attached hydrogens (tertiary/aromatic N) is 2. The molecule has 0 bridgehead atoms. The Bertz CT molecular complexity index is 729. The molecule has 3 N–H and O–H groups in total. The molecule has 2 aromatic carbocycles. The van der Waals surface area contributed by atoms with Gasteiger partial charge in [-0.1, -0.05) is 36.4 Å². The van der Waals surface area contributed by atoms with Crippen molar-refractivity contribution in [1.82, 2.24) is 15.2 Å². The number of aryl methyl sites for hydroxylation is 2. The molecule has 3 rings (SSSR count). The minimum atomic E-state index is 0.556. The van der Waals surface area contributed by atoms with Crippen LogP contribution in [0.15, 0.2) is 48.5 Å². The molecule has 0 aliphatic heterocycles. The van der Waals surface area contributed by atoms with Crippen LogP contribution in [0.1, 0.15) is 16.7 Å². The minimum absolute atomic E-state index is 0.556. The number of aromatic nitrogens is 3. The van der Waals surface area contributed by atoms with Gasteiger partial charge in [-0.15, -0.1) is 5.10 Å². The molecule has 5 heteroatoms. The van der Waals surface area contributed by atoms with E-state index in [1.807, 2.05) is 18.2 Å². The van der Waals surface area contributed by atoms with E-state index in [0.717, 1.165) is 5.69 Å². The minimum Gasteiger partial charge on any atom is -0.350 e. The summed E-state index contributed by atoms with van der Waals surface area (Å²) in [6.45, 7) is 4.85. The predicted octanol–water partition coefficient (Wildman–Crippen LogP) is 3.78. The Morgan fingerprint density at radius 2 is 1.73 bits per heavy atom. The third-order valence-electron chi connectivity index (χ3n) is 3.27. The second-order valence-electron chi connectivity index (χ2n) is 5.35. The van der Waals surface area contributed by atoms with Crippen molar-refractivity contribution in [2.75, 3.05) is 10.6 Å². The molecule has 1 aromatic heterocycles. The quantitative estimate of drug-likeness (QED) is 0.670. The van der Waals surface area contributed by atoms with Crippen molar-refractivity contribution in [1.29, 1.82) is 0 Å². The molecule has 0 spiro atoms. The molecule has 5 nitrogen and oxygen atoms in total.